The molecule has 136 valence electrons. The first-order valence-corrected chi connectivity index (χ1v) is 8.90. The summed E-state index contributed by atoms with van der Waals surface area (Å²) in [6, 6.07) is 9.28. The highest BCUT2D eigenvalue weighted by molar-refractivity contribution is 5.98. The van der Waals surface area contributed by atoms with Gasteiger partial charge in [0.25, 0.3) is 0 Å². The molecule has 1 unspecified atom stereocenters. The van der Waals surface area contributed by atoms with Gasteiger partial charge < -0.3 is 15.2 Å². The van der Waals surface area contributed by atoms with Gasteiger partial charge in [-0.05, 0) is 30.2 Å². The van der Waals surface area contributed by atoms with Crippen LogP contribution in [0.3, 0.4) is 0 Å². The minimum absolute atomic E-state index is 0. The lowest BCUT2D eigenvalue weighted by Gasteiger charge is -2.37. The number of hydrogen-bond acceptors (Lipinski definition) is 1. The number of rotatable bonds is 2. The third-order valence-electron chi connectivity index (χ3n) is 5.36. The molecule has 2 heterocycles. The van der Waals surface area contributed by atoms with Crippen LogP contribution in [0.5, 0.6) is 0 Å². The molecule has 2 aliphatic rings. The van der Waals surface area contributed by atoms with Crippen molar-refractivity contribution >= 4 is 22.5 Å². The number of aromatic nitrogens is 1. The van der Waals surface area contributed by atoms with Crippen LogP contribution in [0.4, 0.5) is 4.79 Å². The van der Waals surface area contributed by atoms with E-state index in [0.717, 1.165) is 13.0 Å². The van der Waals surface area contributed by atoms with E-state index in [1.165, 1.54) is 43.6 Å². The summed E-state index contributed by atoms with van der Waals surface area (Å²) in [4.78, 5) is 18.5. The van der Waals surface area contributed by atoms with Gasteiger partial charge in [0, 0.05) is 44.2 Å². The van der Waals surface area contributed by atoms with Crippen LogP contribution in [-0.4, -0.2) is 41.6 Å². The number of quaternary nitrogens is 1. The molecule has 0 saturated carbocycles. The molecule has 1 aromatic carbocycles. The van der Waals surface area contributed by atoms with Gasteiger partial charge in [-0.3, -0.25) is 0 Å². The van der Waals surface area contributed by atoms with Crippen molar-refractivity contribution in [3.05, 3.63) is 54.4 Å². The van der Waals surface area contributed by atoms with Gasteiger partial charge in [0.15, 0.2) is 0 Å². The Kier molecular flexibility index (Phi) is 4.06. The lowest BCUT2D eigenvalue weighted by atomic mass is 9.81. The Balaban J connectivity index is 0.00000140. The second-order valence-electron chi connectivity index (χ2n) is 6.94. The number of amides is 2. The largest absolute Gasteiger partial charge is 0.361 e. The quantitative estimate of drug-likeness (QED) is 0.563. The molecule has 1 aliphatic heterocycles. The molecule has 3 atom stereocenters. The summed E-state index contributed by atoms with van der Waals surface area (Å²) in [5, 5.41) is 4.40. The van der Waals surface area contributed by atoms with Crippen molar-refractivity contribution in [2.45, 2.75) is 25.4 Å². The summed E-state index contributed by atoms with van der Waals surface area (Å²) >= 11 is 0. The van der Waals surface area contributed by atoms with Crippen molar-refractivity contribution in [2.75, 3.05) is 13.6 Å². The maximum absolute atomic E-state index is 12.4. The fourth-order valence-corrected chi connectivity index (χ4v) is 4.21. The zero-order valence-electron chi connectivity index (χ0n) is 15.1. The van der Waals surface area contributed by atoms with Gasteiger partial charge in [0.1, 0.15) is 12.6 Å². The lowest BCUT2D eigenvalue weighted by molar-refractivity contribution is -0.898. The number of carbonyl (C=O) groups is 1. The first-order chi connectivity index (χ1) is 12.6. The Bertz CT molecular complexity index is 985. The van der Waals surface area contributed by atoms with Crippen LogP contribution in [0.25, 0.3) is 16.5 Å². The SMILES string of the molecule is C=CN(C#CC)C(=O)N[C@H]1C=C2c3cccc4[nH]cc(c34)C[C@H]2[NH+](C)C1.[HH].[HH]. The number of H-pyrrole nitrogens is 1. The average molecular weight is 351 g/mol. The molecule has 2 aromatic rings. The molecule has 5 heteroatoms. The van der Waals surface area contributed by atoms with Crippen molar-refractivity contribution in [1.29, 1.82) is 0 Å². The van der Waals surface area contributed by atoms with E-state index in [1.807, 2.05) is 0 Å². The smallest absolute Gasteiger partial charge is 0.333 e. The second kappa shape index (κ2) is 6.40. The topological polar surface area (TPSA) is 52.6 Å². The zero-order valence-corrected chi connectivity index (χ0v) is 15.1. The molecule has 0 radical (unpaired) electrons. The van der Waals surface area contributed by atoms with E-state index >= 15 is 0 Å². The van der Waals surface area contributed by atoms with Crippen molar-refractivity contribution in [3.63, 3.8) is 0 Å². The van der Waals surface area contributed by atoms with E-state index in [4.69, 9.17) is 0 Å². The molecule has 0 saturated heterocycles. The summed E-state index contributed by atoms with van der Waals surface area (Å²) in [5.74, 6) is 2.73. The van der Waals surface area contributed by atoms with E-state index in [0.29, 0.717) is 6.04 Å². The average Bonchev–Trinajstić information content (AvgIpc) is 3.05. The summed E-state index contributed by atoms with van der Waals surface area (Å²) in [7, 11) is 2.20. The maximum atomic E-state index is 12.4. The zero-order chi connectivity index (χ0) is 18.3. The van der Waals surface area contributed by atoms with E-state index < -0.39 is 0 Å². The number of carbonyl (C=O) groups excluding carboxylic acids is 1. The number of fused-ring (bicyclic) bond motifs is 2. The van der Waals surface area contributed by atoms with Crippen LogP contribution in [0.1, 0.15) is 20.9 Å². The Morgan fingerprint density at radius 3 is 3.15 bits per heavy atom. The van der Waals surface area contributed by atoms with Crippen molar-refractivity contribution in [1.82, 2.24) is 15.2 Å². The van der Waals surface area contributed by atoms with Crippen LogP contribution in [0.2, 0.25) is 0 Å². The third-order valence-corrected chi connectivity index (χ3v) is 5.36. The van der Waals surface area contributed by atoms with Gasteiger partial charge in [-0.25, -0.2) is 9.69 Å². The van der Waals surface area contributed by atoms with E-state index in [1.54, 1.807) is 6.92 Å². The normalized spacial score (nSPS) is 23.3. The van der Waals surface area contributed by atoms with Crippen LogP contribution >= 0.6 is 0 Å². The molecule has 1 aliphatic carbocycles. The molecule has 1 aromatic heterocycles. The second-order valence-corrected chi connectivity index (χ2v) is 6.94. The highest BCUT2D eigenvalue weighted by Crippen LogP contribution is 2.36. The Morgan fingerprint density at radius 2 is 2.38 bits per heavy atom. The highest BCUT2D eigenvalue weighted by atomic mass is 16.2. The van der Waals surface area contributed by atoms with E-state index in [9.17, 15) is 4.79 Å². The monoisotopic (exact) mass is 351 g/mol. The number of benzene rings is 1. The van der Waals surface area contributed by atoms with Gasteiger partial charge in [-0.15, -0.1) is 0 Å². The predicted octanol–water partition coefficient (Wildman–Crippen LogP) is 2.00. The molecule has 3 N–H and O–H groups in total. The lowest BCUT2D eigenvalue weighted by Crippen LogP contribution is -3.15. The molecule has 5 nitrogen and oxygen atoms in total. The van der Waals surface area contributed by atoms with Gasteiger partial charge in [0.05, 0.1) is 13.1 Å². The molecule has 0 bridgehead atoms. The molecule has 26 heavy (non-hydrogen) atoms. The third kappa shape index (κ3) is 2.59. The van der Waals surface area contributed by atoms with Gasteiger partial charge in [-0.1, -0.05) is 24.6 Å². The fraction of sp³-hybridized carbons (Fsp3) is 0.286. The van der Waals surface area contributed by atoms with E-state index in [2.05, 4.69) is 66.4 Å². The minimum atomic E-state index is -0.237. The molecular weight excluding hydrogens is 324 g/mol. The van der Waals surface area contributed by atoms with Crippen molar-refractivity contribution < 1.29 is 12.5 Å². The maximum Gasteiger partial charge on any atom is 0.333 e. The molecule has 0 fully saturated rings. The number of nitrogens with one attached hydrogen (secondary N) is 3. The van der Waals surface area contributed by atoms with Crippen LogP contribution in [0.15, 0.2) is 43.3 Å². The van der Waals surface area contributed by atoms with Crippen LogP contribution < -0.4 is 10.2 Å². The molecular formula is C21H27N4O+. The van der Waals surface area contributed by atoms with Crippen molar-refractivity contribution in [3.8, 4) is 12.0 Å². The molecule has 2 amide bonds. The summed E-state index contributed by atoms with van der Waals surface area (Å²) in [6.07, 6.45) is 6.82. The number of hydrogen-bond donors (Lipinski definition) is 3. The van der Waals surface area contributed by atoms with Crippen LogP contribution in [-0.2, 0) is 6.42 Å². The number of nitrogens with zero attached hydrogens (tertiary/aromatic N) is 1. The Hall–Kier alpha value is -2.97. The van der Waals surface area contributed by atoms with Crippen molar-refractivity contribution in [2.24, 2.45) is 0 Å². The summed E-state index contributed by atoms with van der Waals surface area (Å²) in [5.41, 5.74) is 5.16. The van der Waals surface area contributed by atoms with E-state index in [-0.39, 0.29) is 14.9 Å². The first kappa shape index (κ1) is 16.5. The number of aromatic amines is 1. The van der Waals surface area contributed by atoms with Gasteiger partial charge in [-0.2, -0.15) is 0 Å². The molecule has 0 spiro atoms. The fourth-order valence-electron chi connectivity index (χ4n) is 4.21. The highest BCUT2D eigenvalue weighted by Gasteiger charge is 2.37. The Morgan fingerprint density at radius 1 is 1.54 bits per heavy atom. The first-order valence-electron chi connectivity index (χ1n) is 8.90. The number of urea groups is 1. The van der Waals surface area contributed by atoms with Gasteiger partial charge in [0.2, 0.25) is 0 Å². The van der Waals surface area contributed by atoms with Crippen LogP contribution in [0, 0.1) is 12.0 Å². The Labute approximate surface area is 156 Å². The predicted molar refractivity (Wildman–Crippen MR) is 108 cm³/mol. The standard InChI is InChI=1S/C21H22N4O.2H2/c1-4-9-25(5-2)21(26)23-15-11-17-16-7-6-8-18-20(16)14(12-22-18)10-19(17)24(3)13-15;;/h5-8,11-12,15,19,22H,2,10,13H2,1,3H3,(H,23,26);2*1H/p+1/t15-,19+;;/m0../s1. The molecule has 4 rings (SSSR count). The van der Waals surface area contributed by atoms with Gasteiger partial charge >= 0.3 is 6.03 Å². The summed E-state index contributed by atoms with van der Waals surface area (Å²) in [6.45, 7) is 6.21. The summed E-state index contributed by atoms with van der Waals surface area (Å²) < 4.78 is 0. The number of likely N-dealkylation sites (N-methyl/N-ethyl adjacent to an activating group) is 1. The minimum Gasteiger partial charge on any atom is -0.361 e.